The van der Waals surface area contributed by atoms with E-state index in [4.69, 9.17) is 0 Å². The van der Waals surface area contributed by atoms with E-state index >= 15 is 0 Å². The van der Waals surface area contributed by atoms with Crippen LogP contribution >= 0.6 is 0 Å². The van der Waals surface area contributed by atoms with Gasteiger partial charge in [0.2, 0.25) is 0 Å². The van der Waals surface area contributed by atoms with Crippen molar-refractivity contribution in [1.82, 2.24) is 5.32 Å². The van der Waals surface area contributed by atoms with E-state index in [0.29, 0.717) is 18.3 Å². The van der Waals surface area contributed by atoms with Crippen molar-refractivity contribution in [1.29, 1.82) is 0 Å². The largest absolute Gasteiger partial charge is 0.368 e. The molecule has 2 aromatic carbocycles. The zero-order valence-corrected chi connectivity index (χ0v) is 13.6. The molecule has 0 aliphatic carbocycles. The average molecular weight is 300 g/mol. The van der Waals surface area contributed by atoms with E-state index in [2.05, 4.69) is 31.3 Å². The summed E-state index contributed by atoms with van der Waals surface area (Å²) < 4.78 is 14.1. The Morgan fingerprint density at radius 3 is 2.50 bits per heavy atom. The first-order valence-corrected chi connectivity index (χ1v) is 7.87. The maximum absolute atomic E-state index is 14.1. The summed E-state index contributed by atoms with van der Waals surface area (Å²) in [5, 5.41) is 3.44. The van der Waals surface area contributed by atoms with Crippen LogP contribution in [-0.2, 0) is 13.1 Å². The van der Waals surface area contributed by atoms with Gasteiger partial charge in [0, 0.05) is 26.2 Å². The second kappa shape index (κ2) is 7.95. The summed E-state index contributed by atoms with van der Waals surface area (Å²) in [6.45, 7) is 5.77. The topological polar surface area (TPSA) is 15.3 Å². The van der Waals surface area contributed by atoms with Gasteiger partial charge >= 0.3 is 0 Å². The summed E-state index contributed by atoms with van der Waals surface area (Å²) in [7, 11) is 1.93. The smallest absolute Gasteiger partial charge is 0.146 e. The van der Waals surface area contributed by atoms with Crippen molar-refractivity contribution < 1.29 is 4.39 Å². The summed E-state index contributed by atoms with van der Waals surface area (Å²) >= 11 is 0. The van der Waals surface area contributed by atoms with Gasteiger partial charge in [0.15, 0.2) is 0 Å². The van der Waals surface area contributed by atoms with Crippen molar-refractivity contribution in [2.45, 2.75) is 39.4 Å². The molecule has 0 spiro atoms. The molecule has 1 atom stereocenters. The van der Waals surface area contributed by atoms with Crippen molar-refractivity contribution in [3.05, 3.63) is 65.5 Å². The molecule has 2 nitrogen and oxygen atoms in total. The second-order valence-corrected chi connectivity index (χ2v) is 5.82. The quantitative estimate of drug-likeness (QED) is 0.818. The van der Waals surface area contributed by atoms with Crippen molar-refractivity contribution in [3.8, 4) is 0 Å². The van der Waals surface area contributed by atoms with Gasteiger partial charge in [0.05, 0.1) is 5.69 Å². The number of rotatable bonds is 7. The highest BCUT2D eigenvalue weighted by Crippen LogP contribution is 2.21. The number of anilines is 1. The fourth-order valence-corrected chi connectivity index (χ4v) is 2.34. The van der Waals surface area contributed by atoms with Crippen LogP contribution in [0.4, 0.5) is 10.1 Å². The van der Waals surface area contributed by atoms with Crippen LogP contribution in [0, 0.1) is 5.82 Å². The zero-order chi connectivity index (χ0) is 15.9. The van der Waals surface area contributed by atoms with Crippen molar-refractivity contribution in [2.24, 2.45) is 0 Å². The SMILES string of the molecule is CCC(C)NCc1ccc(F)c(N(C)Cc2ccccc2)c1. The Balaban J connectivity index is 2.08. The normalized spacial score (nSPS) is 12.2. The molecule has 2 rings (SSSR count). The molecule has 2 aromatic rings. The molecule has 0 aliphatic rings. The van der Waals surface area contributed by atoms with Gasteiger partial charge in [-0.05, 0) is 36.6 Å². The van der Waals surface area contributed by atoms with Gasteiger partial charge in [-0.1, -0.05) is 43.3 Å². The molecular formula is C19H25FN2. The number of nitrogens with one attached hydrogen (secondary N) is 1. The lowest BCUT2D eigenvalue weighted by Gasteiger charge is -2.21. The maximum Gasteiger partial charge on any atom is 0.146 e. The highest BCUT2D eigenvalue weighted by Gasteiger charge is 2.09. The molecule has 3 heteroatoms. The van der Waals surface area contributed by atoms with Crippen LogP contribution in [0.2, 0.25) is 0 Å². The molecule has 118 valence electrons. The van der Waals surface area contributed by atoms with E-state index < -0.39 is 0 Å². The van der Waals surface area contributed by atoms with Crippen molar-refractivity contribution in [3.63, 3.8) is 0 Å². The van der Waals surface area contributed by atoms with E-state index in [1.807, 2.05) is 42.3 Å². The Kier molecular flexibility index (Phi) is 5.96. The first kappa shape index (κ1) is 16.5. The summed E-state index contributed by atoms with van der Waals surface area (Å²) in [5.74, 6) is -0.175. The second-order valence-electron chi connectivity index (χ2n) is 5.82. The number of benzene rings is 2. The Morgan fingerprint density at radius 1 is 1.09 bits per heavy atom. The third-order valence-electron chi connectivity index (χ3n) is 3.95. The Hall–Kier alpha value is -1.87. The summed E-state index contributed by atoms with van der Waals surface area (Å²) in [4.78, 5) is 1.96. The van der Waals surface area contributed by atoms with Crippen LogP contribution < -0.4 is 10.2 Å². The van der Waals surface area contributed by atoms with Crippen molar-refractivity contribution in [2.75, 3.05) is 11.9 Å². The third kappa shape index (κ3) is 4.57. The van der Waals surface area contributed by atoms with E-state index in [0.717, 1.165) is 18.5 Å². The number of hydrogen-bond acceptors (Lipinski definition) is 2. The van der Waals surface area contributed by atoms with Crippen LogP contribution in [0.3, 0.4) is 0 Å². The predicted molar refractivity (Wildman–Crippen MR) is 91.5 cm³/mol. The lowest BCUT2D eigenvalue weighted by atomic mass is 10.1. The van der Waals surface area contributed by atoms with E-state index in [1.54, 1.807) is 6.07 Å². The van der Waals surface area contributed by atoms with Crippen LogP contribution in [0.1, 0.15) is 31.4 Å². The van der Waals surface area contributed by atoms with E-state index in [-0.39, 0.29) is 5.82 Å². The Bertz CT molecular complexity index is 583. The number of hydrogen-bond donors (Lipinski definition) is 1. The third-order valence-corrected chi connectivity index (χ3v) is 3.95. The molecule has 0 saturated heterocycles. The first-order chi connectivity index (χ1) is 10.6. The Morgan fingerprint density at radius 2 is 1.82 bits per heavy atom. The molecule has 0 fully saturated rings. The lowest BCUT2D eigenvalue weighted by Crippen LogP contribution is -2.24. The molecule has 0 radical (unpaired) electrons. The van der Waals surface area contributed by atoms with Gasteiger partial charge in [0.1, 0.15) is 5.82 Å². The first-order valence-electron chi connectivity index (χ1n) is 7.87. The summed E-state index contributed by atoms with van der Waals surface area (Å²) in [6, 6.07) is 15.9. The number of nitrogens with zero attached hydrogens (tertiary/aromatic N) is 1. The van der Waals surface area contributed by atoms with Gasteiger partial charge in [0.25, 0.3) is 0 Å². The molecule has 0 aromatic heterocycles. The van der Waals surface area contributed by atoms with Crippen LogP contribution in [0.5, 0.6) is 0 Å². The summed E-state index contributed by atoms with van der Waals surface area (Å²) in [5.41, 5.74) is 2.93. The molecule has 22 heavy (non-hydrogen) atoms. The minimum Gasteiger partial charge on any atom is -0.368 e. The van der Waals surface area contributed by atoms with Crippen LogP contribution in [0.15, 0.2) is 48.5 Å². The fraction of sp³-hybridized carbons (Fsp3) is 0.368. The number of halogens is 1. The van der Waals surface area contributed by atoms with Crippen molar-refractivity contribution >= 4 is 5.69 Å². The van der Waals surface area contributed by atoms with Crippen LogP contribution in [0.25, 0.3) is 0 Å². The molecule has 1 N–H and O–H groups in total. The van der Waals surface area contributed by atoms with E-state index in [1.165, 1.54) is 5.56 Å². The minimum absolute atomic E-state index is 0.175. The van der Waals surface area contributed by atoms with Gasteiger partial charge < -0.3 is 10.2 Å². The predicted octanol–water partition coefficient (Wildman–Crippen LogP) is 4.35. The molecular weight excluding hydrogens is 275 g/mol. The molecule has 0 amide bonds. The molecule has 0 bridgehead atoms. The monoisotopic (exact) mass is 300 g/mol. The van der Waals surface area contributed by atoms with Gasteiger partial charge in [-0.3, -0.25) is 0 Å². The molecule has 0 aliphatic heterocycles. The average Bonchev–Trinajstić information content (AvgIpc) is 2.54. The Labute approximate surface area is 133 Å². The maximum atomic E-state index is 14.1. The molecule has 0 heterocycles. The molecule has 1 unspecified atom stereocenters. The van der Waals surface area contributed by atoms with Gasteiger partial charge in [-0.2, -0.15) is 0 Å². The van der Waals surface area contributed by atoms with Crippen LogP contribution in [-0.4, -0.2) is 13.1 Å². The van der Waals surface area contributed by atoms with E-state index in [9.17, 15) is 4.39 Å². The molecule has 0 saturated carbocycles. The minimum atomic E-state index is -0.175. The standard InChI is InChI=1S/C19H25FN2/c1-4-15(2)21-13-17-10-11-18(20)19(12-17)22(3)14-16-8-6-5-7-9-16/h5-12,15,21H,4,13-14H2,1-3H3. The summed E-state index contributed by atoms with van der Waals surface area (Å²) in [6.07, 6.45) is 1.09. The van der Waals surface area contributed by atoms with Gasteiger partial charge in [-0.15, -0.1) is 0 Å². The lowest BCUT2D eigenvalue weighted by molar-refractivity contribution is 0.533. The van der Waals surface area contributed by atoms with Gasteiger partial charge in [-0.25, -0.2) is 4.39 Å². The fourth-order valence-electron chi connectivity index (χ4n) is 2.34. The highest BCUT2D eigenvalue weighted by atomic mass is 19.1. The highest BCUT2D eigenvalue weighted by molar-refractivity contribution is 5.50. The zero-order valence-electron chi connectivity index (χ0n) is 13.6.